The molecule has 0 spiro atoms. The fraction of sp³-hybridized carbons (Fsp3) is 0.348. The number of furan rings is 1. The van der Waals surface area contributed by atoms with Crippen LogP contribution in [0.5, 0.6) is 11.7 Å². The molecule has 0 saturated heterocycles. The summed E-state index contributed by atoms with van der Waals surface area (Å²) in [6.45, 7) is 3.31. The molecular weight excluding hydrogens is 340 g/mol. The van der Waals surface area contributed by atoms with E-state index < -0.39 is 0 Å². The Kier molecular flexibility index (Phi) is 6.91. The van der Waals surface area contributed by atoms with E-state index in [2.05, 4.69) is 24.3 Å². The molecule has 0 radical (unpaired) electrons. The average Bonchev–Trinajstić information content (AvgIpc) is 3.12. The summed E-state index contributed by atoms with van der Waals surface area (Å²) in [7, 11) is 0. The monoisotopic (exact) mass is 366 g/mol. The first kappa shape index (κ1) is 19.0. The zero-order chi connectivity index (χ0) is 18.9. The SMILES string of the molecule is CCc1cc(OCCCCCCOc2ccc3ccccc3c2)oc1C=O. The van der Waals surface area contributed by atoms with Crippen LogP contribution in [-0.2, 0) is 6.42 Å². The van der Waals surface area contributed by atoms with Gasteiger partial charge in [0.05, 0.1) is 13.2 Å². The Labute approximate surface area is 160 Å². The van der Waals surface area contributed by atoms with Gasteiger partial charge in [0.25, 0.3) is 5.95 Å². The van der Waals surface area contributed by atoms with Crippen LogP contribution in [0.2, 0.25) is 0 Å². The number of aldehydes is 1. The maximum Gasteiger partial charge on any atom is 0.285 e. The van der Waals surface area contributed by atoms with Crippen LogP contribution in [0.25, 0.3) is 10.8 Å². The Morgan fingerprint density at radius 2 is 1.63 bits per heavy atom. The van der Waals surface area contributed by atoms with Crippen molar-refractivity contribution < 1.29 is 18.7 Å². The third-order valence-corrected chi connectivity index (χ3v) is 4.58. The molecule has 0 bridgehead atoms. The van der Waals surface area contributed by atoms with E-state index in [1.165, 1.54) is 10.8 Å². The first-order valence-electron chi connectivity index (χ1n) is 9.62. The largest absolute Gasteiger partial charge is 0.494 e. The molecule has 1 heterocycles. The second kappa shape index (κ2) is 9.81. The lowest BCUT2D eigenvalue weighted by Crippen LogP contribution is -1.99. The van der Waals surface area contributed by atoms with E-state index in [9.17, 15) is 4.79 Å². The van der Waals surface area contributed by atoms with Crippen molar-refractivity contribution in [1.29, 1.82) is 0 Å². The lowest BCUT2D eigenvalue weighted by molar-refractivity contribution is 0.109. The van der Waals surface area contributed by atoms with Crippen LogP contribution < -0.4 is 9.47 Å². The number of aryl methyl sites for hydroxylation is 1. The van der Waals surface area contributed by atoms with Crippen molar-refractivity contribution in [2.75, 3.05) is 13.2 Å². The standard InChI is InChI=1S/C23H26O4/c1-2-18-16-23(27-22(18)17-24)26-14-8-4-3-7-13-25-21-12-11-19-9-5-6-10-20(19)15-21/h5-6,9-12,15-17H,2-4,7-8,13-14H2,1H3. The van der Waals surface area contributed by atoms with Crippen LogP contribution in [0.4, 0.5) is 0 Å². The van der Waals surface area contributed by atoms with Gasteiger partial charge in [-0.25, -0.2) is 0 Å². The van der Waals surface area contributed by atoms with E-state index in [0.717, 1.165) is 56.3 Å². The van der Waals surface area contributed by atoms with Gasteiger partial charge < -0.3 is 13.9 Å². The lowest BCUT2D eigenvalue weighted by Gasteiger charge is -2.07. The minimum Gasteiger partial charge on any atom is -0.494 e. The smallest absolute Gasteiger partial charge is 0.285 e. The summed E-state index contributed by atoms with van der Waals surface area (Å²) in [5.41, 5.74) is 0.894. The summed E-state index contributed by atoms with van der Waals surface area (Å²) >= 11 is 0. The number of ether oxygens (including phenoxy) is 2. The number of hydrogen-bond acceptors (Lipinski definition) is 4. The van der Waals surface area contributed by atoms with Gasteiger partial charge in [-0.3, -0.25) is 4.79 Å². The minimum absolute atomic E-state index is 0.373. The van der Waals surface area contributed by atoms with Gasteiger partial charge in [-0.2, -0.15) is 0 Å². The third-order valence-electron chi connectivity index (χ3n) is 4.58. The summed E-state index contributed by atoms with van der Waals surface area (Å²) in [5.74, 6) is 1.74. The van der Waals surface area contributed by atoms with Crippen molar-refractivity contribution in [2.45, 2.75) is 39.0 Å². The molecular formula is C23H26O4. The van der Waals surface area contributed by atoms with Gasteiger partial charge >= 0.3 is 0 Å². The quantitative estimate of drug-likeness (QED) is 0.317. The molecule has 2 aromatic carbocycles. The number of fused-ring (bicyclic) bond motifs is 1. The van der Waals surface area contributed by atoms with E-state index in [1.54, 1.807) is 6.07 Å². The first-order valence-corrected chi connectivity index (χ1v) is 9.62. The Morgan fingerprint density at radius 1 is 0.889 bits per heavy atom. The van der Waals surface area contributed by atoms with E-state index >= 15 is 0 Å². The molecule has 0 aliphatic rings. The van der Waals surface area contributed by atoms with Crippen molar-refractivity contribution in [1.82, 2.24) is 0 Å². The summed E-state index contributed by atoms with van der Waals surface area (Å²) in [5, 5.41) is 2.43. The molecule has 0 unspecified atom stereocenters. The van der Waals surface area contributed by atoms with Crippen molar-refractivity contribution in [2.24, 2.45) is 0 Å². The third kappa shape index (κ3) is 5.36. The Morgan fingerprint density at radius 3 is 2.33 bits per heavy atom. The number of carbonyl (C=O) groups is 1. The molecule has 0 amide bonds. The Balaban J connectivity index is 1.29. The van der Waals surface area contributed by atoms with Crippen molar-refractivity contribution in [3.05, 3.63) is 59.9 Å². The highest BCUT2D eigenvalue weighted by molar-refractivity contribution is 5.83. The van der Waals surface area contributed by atoms with Crippen LogP contribution in [0.15, 0.2) is 52.9 Å². The van der Waals surface area contributed by atoms with E-state index in [0.29, 0.717) is 18.3 Å². The van der Waals surface area contributed by atoms with Gasteiger partial charge in [-0.15, -0.1) is 0 Å². The van der Waals surface area contributed by atoms with Gasteiger partial charge in [0.1, 0.15) is 5.75 Å². The minimum atomic E-state index is 0.373. The number of hydrogen-bond donors (Lipinski definition) is 0. The zero-order valence-corrected chi connectivity index (χ0v) is 15.8. The number of carbonyl (C=O) groups excluding carboxylic acids is 1. The molecule has 0 aliphatic carbocycles. The normalized spacial score (nSPS) is 10.9. The Bertz CT molecular complexity index is 866. The van der Waals surface area contributed by atoms with Crippen LogP contribution in [0.3, 0.4) is 0 Å². The van der Waals surface area contributed by atoms with Crippen molar-refractivity contribution in [3.8, 4) is 11.7 Å². The van der Waals surface area contributed by atoms with E-state index in [-0.39, 0.29) is 0 Å². The predicted molar refractivity (Wildman–Crippen MR) is 107 cm³/mol. The second-order valence-corrected chi connectivity index (χ2v) is 6.55. The van der Waals surface area contributed by atoms with Crippen LogP contribution in [-0.4, -0.2) is 19.5 Å². The summed E-state index contributed by atoms with van der Waals surface area (Å²) < 4.78 is 16.8. The molecule has 4 heteroatoms. The molecule has 142 valence electrons. The van der Waals surface area contributed by atoms with Gasteiger partial charge in [-0.05, 0) is 55.0 Å². The predicted octanol–water partition coefficient (Wildman–Crippen LogP) is 5.83. The molecule has 0 saturated carbocycles. The lowest BCUT2D eigenvalue weighted by atomic mass is 10.1. The van der Waals surface area contributed by atoms with Gasteiger partial charge in [0.2, 0.25) is 0 Å². The Hall–Kier alpha value is -2.75. The molecule has 1 aromatic heterocycles. The van der Waals surface area contributed by atoms with Crippen LogP contribution in [0, 0.1) is 0 Å². The zero-order valence-electron chi connectivity index (χ0n) is 15.8. The topological polar surface area (TPSA) is 48.7 Å². The first-order chi connectivity index (χ1) is 13.3. The summed E-state index contributed by atoms with van der Waals surface area (Å²) in [6.07, 6.45) is 5.63. The number of benzene rings is 2. The summed E-state index contributed by atoms with van der Waals surface area (Å²) in [6, 6.07) is 16.3. The number of unbranched alkanes of at least 4 members (excludes halogenated alkanes) is 3. The van der Waals surface area contributed by atoms with E-state index in [4.69, 9.17) is 13.9 Å². The molecule has 3 aromatic rings. The molecule has 0 aliphatic heterocycles. The number of rotatable bonds is 11. The van der Waals surface area contributed by atoms with Crippen molar-refractivity contribution in [3.63, 3.8) is 0 Å². The maximum absolute atomic E-state index is 10.9. The van der Waals surface area contributed by atoms with Crippen LogP contribution >= 0.6 is 0 Å². The molecule has 0 N–H and O–H groups in total. The fourth-order valence-corrected chi connectivity index (χ4v) is 3.04. The highest BCUT2D eigenvalue weighted by atomic mass is 16.6. The summed E-state index contributed by atoms with van der Waals surface area (Å²) in [4.78, 5) is 10.9. The maximum atomic E-state index is 10.9. The fourth-order valence-electron chi connectivity index (χ4n) is 3.04. The molecule has 3 rings (SSSR count). The molecule has 27 heavy (non-hydrogen) atoms. The highest BCUT2D eigenvalue weighted by Crippen LogP contribution is 2.22. The van der Waals surface area contributed by atoms with Gasteiger partial charge in [0, 0.05) is 11.6 Å². The molecule has 4 nitrogen and oxygen atoms in total. The van der Waals surface area contributed by atoms with Gasteiger partial charge in [-0.1, -0.05) is 37.3 Å². The van der Waals surface area contributed by atoms with E-state index in [1.807, 2.05) is 25.1 Å². The highest BCUT2D eigenvalue weighted by Gasteiger charge is 2.09. The van der Waals surface area contributed by atoms with Gasteiger partial charge in [0.15, 0.2) is 12.0 Å². The molecule has 0 fully saturated rings. The van der Waals surface area contributed by atoms with Crippen molar-refractivity contribution >= 4 is 17.1 Å². The van der Waals surface area contributed by atoms with Crippen LogP contribution in [0.1, 0.15) is 48.7 Å². The molecule has 0 atom stereocenters. The average molecular weight is 366 g/mol. The second-order valence-electron chi connectivity index (χ2n) is 6.55.